The molecule has 1 atom stereocenters. The summed E-state index contributed by atoms with van der Waals surface area (Å²) in [6.45, 7) is 1.40. The molecule has 3 amide bonds. The lowest BCUT2D eigenvalue weighted by Crippen LogP contribution is -2.49. The first kappa shape index (κ1) is 18.7. The molecule has 1 fully saturated rings. The number of nitrogens with two attached hydrogens (primary N) is 1. The first-order valence-electron chi connectivity index (χ1n) is 8.95. The van der Waals surface area contributed by atoms with Crippen molar-refractivity contribution in [3.05, 3.63) is 59.9 Å². The summed E-state index contributed by atoms with van der Waals surface area (Å²) in [4.78, 5) is 32.2. The fourth-order valence-electron chi connectivity index (χ4n) is 3.37. The minimum atomic E-state index is -0.542. The number of carbonyl (C=O) groups is 2. The zero-order chi connectivity index (χ0) is 19.2. The van der Waals surface area contributed by atoms with Gasteiger partial charge in [0.05, 0.1) is 7.11 Å². The van der Waals surface area contributed by atoms with Gasteiger partial charge in [-0.2, -0.15) is 0 Å². The van der Waals surface area contributed by atoms with E-state index in [0.29, 0.717) is 26.1 Å². The molecule has 1 aliphatic heterocycles. The van der Waals surface area contributed by atoms with E-state index in [1.165, 1.54) is 4.90 Å². The molecule has 3 rings (SSSR count). The summed E-state index contributed by atoms with van der Waals surface area (Å²) < 4.78 is 5.19. The Morgan fingerprint density at radius 2 is 1.78 bits per heavy atom. The Labute approximate surface area is 158 Å². The highest BCUT2D eigenvalue weighted by molar-refractivity contribution is 5.87. The molecule has 1 aromatic heterocycles. The summed E-state index contributed by atoms with van der Waals surface area (Å²) in [5.41, 5.74) is 7.43. The Bertz CT molecular complexity index is 780. The second-order valence-corrected chi connectivity index (χ2v) is 6.59. The molecule has 142 valence electrons. The SMILES string of the molecule is COc1ccc(CN(Cc2ccncc2)C(=O)[C@@H]2CCCN2C(N)=O)cc1. The number of hydrogen-bond acceptors (Lipinski definition) is 4. The molecule has 2 aromatic rings. The van der Waals surface area contributed by atoms with Crippen molar-refractivity contribution < 1.29 is 14.3 Å². The van der Waals surface area contributed by atoms with Crippen LogP contribution in [0.5, 0.6) is 5.75 Å². The van der Waals surface area contributed by atoms with Crippen LogP contribution in [0.15, 0.2) is 48.8 Å². The number of rotatable bonds is 6. The average Bonchev–Trinajstić information content (AvgIpc) is 3.18. The normalized spacial score (nSPS) is 16.2. The predicted octanol–water partition coefficient (Wildman–Crippen LogP) is 2.16. The van der Waals surface area contributed by atoms with Gasteiger partial charge in [-0.25, -0.2) is 4.79 Å². The maximum absolute atomic E-state index is 13.2. The van der Waals surface area contributed by atoms with E-state index in [1.54, 1.807) is 24.4 Å². The Balaban J connectivity index is 1.82. The third-order valence-electron chi connectivity index (χ3n) is 4.79. The van der Waals surface area contributed by atoms with Gasteiger partial charge in [0.2, 0.25) is 5.91 Å². The van der Waals surface area contributed by atoms with Crippen LogP contribution in [-0.2, 0) is 17.9 Å². The number of benzene rings is 1. The fourth-order valence-corrected chi connectivity index (χ4v) is 3.37. The van der Waals surface area contributed by atoms with Crippen LogP contribution in [0.3, 0.4) is 0 Å². The van der Waals surface area contributed by atoms with E-state index in [-0.39, 0.29) is 5.91 Å². The molecular weight excluding hydrogens is 344 g/mol. The molecule has 7 nitrogen and oxygen atoms in total. The summed E-state index contributed by atoms with van der Waals surface area (Å²) in [7, 11) is 1.62. The smallest absolute Gasteiger partial charge is 0.315 e. The second kappa shape index (κ2) is 8.53. The summed E-state index contributed by atoms with van der Waals surface area (Å²) >= 11 is 0. The van der Waals surface area contributed by atoms with Gasteiger partial charge < -0.3 is 20.3 Å². The molecule has 0 radical (unpaired) electrons. The van der Waals surface area contributed by atoms with Crippen LogP contribution in [0.2, 0.25) is 0 Å². The molecule has 0 bridgehead atoms. The van der Waals surface area contributed by atoms with E-state index in [0.717, 1.165) is 23.3 Å². The number of urea groups is 1. The van der Waals surface area contributed by atoms with Crippen molar-refractivity contribution >= 4 is 11.9 Å². The van der Waals surface area contributed by atoms with E-state index in [4.69, 9.17) is 10.5 Å². The molecule has 0 unspecified atom stereocenters. The quantitative estimate of drug-likeness (QED) is 0.846. The number of hydrogen-bond donors (Lipinski definition) is 1. The van der Waals surface area contributed by atoms with Gasteiger partial charge in [0.1, 0.15) is 11.8 Å². The van der Waals surface area contributed by atoms with Crippen LogP contribution in [-0.4, -0.2) is 46.4 Å². The van der Waals surface area contributed by atoms with Crippen LogP contribution >= 0.6 is 0 Å². The van der Waals surface area contributed by atoms with Crippen molar-refractivity contribution in [2.45, 2.75) is 32.0 Å². The zero-order valence-corrected chi connectivity index (χ0v) is 15.4. The molecule has 2 heterocycles. The third kappa shape index (κ3) is 4.55. The largest absolute Gasteiger partial charge is 0.497 e. The van der Waals surface area contributed by atoms with Gasteiger partial charge in [0.15, 0.2) is 0 Å². The van der Waals surface area contributed by atoms with Crippen LogP contribution < -0.4 is 10.5 Å². The van der Waals surface area contributed by atoms with Crippen molar-refractivity contribution in [2.75, 3.05) is 13.7 Å². The van der Waals surface area contributed by atoms with Gasteiger partial charge >= 0.3 is 6.03 Å². The molecule has 0 spiro atoms. The van der Waals surface area contributed by atoms with Crippen LogP contribution in [0.25, 0.3) is 0 Å². The summed E-state index contributed by atoms with van der Waals surface area (Å²) in [5, 5.41) is 0. The van der Waals surface area contributed by atoms with E-state index in [1.807, 2.05) is 36.4 Å². The highest BCUT2D eigenvalue weighted by Crippen LogP contribution is 2.22. The van der Waals surface area contributed by atoms with E-state index >= 15 is 0 Å². The van der Waals surface area contributed by atoms with E-state index in [2.05, 4.69) is 4.98 Å². The highest BCUT2D eigenvalue weighted by atomic mass is 16.5. The summed E-state index contributed by atoms with van der Waals surface area (Å²) in [5.74, 6) is 0.681. The summed E-state index contributed by atoms with van der Waals surface area (Å²) in [6, 6.07) is 10.3. The lowest BCUT2D eigenvalue weighted by molar-refractivity contribution is -0.136. The average molecular weight is 368 g/mol. The second-order valence-electron chi connectivity index (χ2n) is 6.59. The van der Waals surface area contributed by atoms with Crippen molar-refractivity contribution in [3.8, 4) is 5.75 Å². The molecule has 1 aromatic carbocycles. The van der Waals surface area contributed by atoms with Crippen LogP contribution in [0.1, 0.15) is 24.0 Å². The lowest BCUT2D eigenvalue weighted by atomic mass is 10.1. The van der Waals surface area contributed by atoms with Crippen LogP contribution in [0, 0.1) is 0 Å². The maximum atomic E-state index is 13.2. The number of likely N-dealkylation sites (tertiary alicyclic amines) is 1. The van der Waals surface area contributed by atoms with Gasteiger partial charge in [0.25, 0.3) is 0 Å². The number of aromatic nitrogens is 1. The number of ether oxygens (including phenoxy) is 1. The number of carbonyl (C=O) groups excluding carboxylic acids is 2. The first-order chi connectivity index (χ1) is 13.1. The number of methoxy groups -OCH3 is 1. The standard InChI is InChI=1S/C20H24N4O3/c1-27-17-6-4-15(5-7-17)13-23(14-16-8-10-22-11-9-16)19(25)18-3-2-12-24(18)20(21)26/h4-11,18H,2-3,12-14H2,1H3,(H2,21,26)/t18-/m0/s1. The number of nitrogens with zero attached hydrogens (tertiary/aromatic N) is 3. The molecule has 0 aliphatic carbocycles. The minimum Gasteiger partial charge on any atom is -0.497 e. The van der Waals surface area contributed by atoms with Crippen molar-refractivity contribution in [3.63, 3.8) is 0 Å². The molecule has 7 heteroatoms. The highest BCUT2D eigenvalue weighted by Gasteiger charge is 2.35. The number of primary amides is 1. The number of amides is 3. The predicted molar refractivity (Wildman–Crippen MR) is 101 cm³/mol. The Kier molecular flexibility index (Phi) is 5.90. The van der Waals surface area contributed by atoms with Crippen molar-refractivity contribution in [1.82, 2.24) is 14.8 Å². The maximum Gasteiger partial charge on any atom is 0.315 e. The molecule has 1 aliphatic rings. The Hall–Kier alpha value is -3.09. The molecular formula is C20H24N4O3. The Morgan fingerprint density at radius 1 is 1.15 bits per heavy atom. The van der Waals surface area contributed by atoms with Crippen molar-refractivity contribution in [2.24, 2.45) is 5.73 Å². The molecule has 1 saturated heterocycles. The van der Waals surface area contributed by atoms with Gasteiger partial charge in [-0.1, -0.05) is 12.1 Å². The third-order valence-corrected chi connectivity index (χ3v) is 4.79. The monoisotopic (exact) mass is 368 g/mol. The van der Waals surface area contributed by atoms with Gasteiger partial charge in [0, 0.05) is 32.0 Å². The van der Waals surface area contributed by atoms with Crippen molar-refractivity contribution in [1.29, 1.82) is 0 Å². The topological polar surface area (TPSA) is 88.8 Å². The first-order valence-corrected chi connectivity index (χ1v) is 8.95. The lowest BCUT2D eigenvalue weighted by Gasteiger charge is -2.30. The molecule has 0 saturated carbocycles. The van der Waals surface area contributed by atoms with Gasteiger partial charge in [-0.15, -0.1) is 0 Å². The number of pyridine rings is 1. The summed E-state index contributed by atoms with van der Waals surface area (Å²) in [6.07, 6.45) is 4.83. The van der Waals surface area contributed by atoms with Gasteiger partial charge in [-0.05, 0) is 48.2 Å². The van der Waals surface area contributed by atoms with E-state index in [9.17, 15) is 9.59 Å². The van der Waals surface area contributed by atoms with Gasteiger partial charge in [-0.3, -0.25) is 9.78 Å². The fraction of sp³-hybridized carbons (Fsp3) is 0.350. The molecule has 27 heavy (non-hydrogen) atoms. The van der Waals surface area contributed by atoms with Crippen LogP contribution in [0.4, 0.5) is 4.79 Å². The zero-order valence-electron chi connectivity index (χ0n) is 15.4. The molecule has 2 N–H and O–H groups in total. The Morgan fingerprint density at radius 3 is 2.37 bits per heavy atom. The minimum absolute atomic E-state index is 0.0843. The van der Waals surface area contributed by atoms with E-state index < -0.39 is 12.1 Å².